The lowest BCUT2D eigenvalue weighted by Gasteiger charge is -1.94. The first-order chi connectivity index (χ1) is 7.76. The maximum Gasteiger partial charge on any atom is 0.150 e. The van der Waals surface area contributed by atoms with E-state index >= 15 is 0 Å². The molecule has 0 aromatic heterocycles. The molecule has 0 N–H and O–H groups in total. The van der Waals surface area contributed by atoms with Gasteiger partial charge in [0.2, 0.25) is 0 Å². The van der Waals surface area contributed by atoms with Crippen molar-refractivity contribution < 1.29 is 4.79 Å². The van der Waals surface area contributed by atoms with Crippen molar-refractivity contribution in [3.8, 4) is 11.8 Å². The minimum Gasteiger partial charge on any atom is -0.298 e. The zero-order valence-electron chi connectivity index (χ0n) is 8.35. The Labute approximate surface area is 97.9 Å². The van der Waals surface area contributed by atoms with E-state index in [1.807, 2.05) is 0 Å². The van der Waals surface area contributed by atoms with E-state index in [4.69, 9.17) is 17.1 Å². The standard InChI is InChI=1S/C11H8ClN3O/c12-11-6-9(5-10(7-11)8-16)3-1-2-4-14-15-13/h5-8H,2,4H2. The molecule has 0 saturated heterocycles. The number of hydrogen-bond acceptors (Lipinski definition) is 2. The molecular weight excluding hydrogens is 226 g/mol. The van der Waals surface area contributed by atoms with Gasteiger partial charge in [0.25, 0.3) is 0 Å². The summed E-state index contributed by atoms with van der Waals surface area (Å²) in [5.41, 5.74) is 9.21. The van der Waals surface area contributed by atoms with Gasteiger partial charge in [-0.05, 0) is 23.7 Å². The molecule has 0 saturated carbocycles. The van der Waals surface area contributed by atoms with Crippen LogP contribution >= 0.6 is 11.6 Å². The van der Waals surface area contributed by atoms with Crippen LogP contribution in [0.15, 0.2) is 23.3 Å². The molecule has 1 aromatic carbocycles. The summed E-state index contributed by atoms with van der Waals surface area (Å²) in [5.74, 6) is 5.67. The van der Waals surface area contributed by atoms with Gasteiger partial charge in [-0.2, -0.15) is 0 Å². The quantitative estimate of drug-likeness (QED) is 0.197. The highest BCUT2D eigenvalue weighted by Crippen LogP contribution is 2.13. The first-order valence-corrected chi connectivity index (χ1v) is 4.89. The molecule has 0 heterocycles. The lowest BCUT2D eigenvalue weighted by Crippen LogP contribution is -1.83. The minimum atomic E-state index is 0.338. The number of aldehydes is 1. The fourth-order valence-electron chi connectivity index (χ4n) is 1.07. The number of benzene rings is 1. The van der Waals surface area contributed by atoms with Crippen molar-refractivity contribution in [2.75, 3.05) is 6.54 Å². The summed E-state index contributed by atoms with van der Waals surface area (Å²) in [5, 5.41) is 3.83. The topological polar surface area (TPSA) is 65.8 Å². The maximum absolute atomic E-state index is 10.6. The van der Waals surface area contributed by atoms with Crippen molar-refractivity contribution >= 4 is 17.9 Å². The second-order valence-electron chi connectivity index (χ2n) is 2.90. The van der Waals surface area contributed by atoms with Crippen LogP contribution in [0.1, 0.15) is 22.3 Å². The molecule has 0 radical (unpaired) electrons. The molecule has 80 valence electrons. The fourth-order valence-corrected chi connectivity index (χ4v) is 1.31. The van der Waals surface area contributed by atoms with Gasteiger partial charge >= 0.3 is 0 Å². The van der Waals surface area contributed by atoms with Gasteiger partial charge in [0.05, 0.1) is 0 Å². The molecule has 0 amide bonds. The summed E-state index contributed by atoms with van der Waals surface area (Å²) in [6, 6.07) is 4.90. The molecule has 0 fully saturated rings. The average Bonchev–Trinajstić information content (AvgIpc) is 2.28. The third kappa shape index (κ3) is 4.05. The molecule has 0 atom stereocenters. The summed E-state index contributed by atoms with van der Waals surface area (Å²) in [4.78, 5) is 13.2. The number of hydrogen-bond donors (Lipinski definition) is 0. The Bertz CT molecular complexity index is 496. The molecule has 0 bridgehead atoms. The molecule has 0 aliphatic rings. The van der Waals surface area contributed by atoms with Gasteiger partial charge in [-0.25, -0.2) is 0 Å². The van der Waals surface area contributed by atoms with E-state index in [9.17, 15) is 4.79 Å². The molecule has 0 aliphatic carbocycles. The molecule has 1 aromatic rings. The normalized spacial score (nSPS) is 8.56. The van der Waals surface area contributed by atoms with E-state index in [0.717, 1.165) is 6.29 Å². The number of halogens is 1. The molecule has 16 heavy (non-hydrogen) atoms. The fraction of sp³-hybridized carbons (Fsp3) is 0.182. The maximum atomic E-state index is 10.6. The third-order valence-corrected chi connectivity index (χ3v) is 1.91. The van der Waals surface area contributed by atoms with Crippen LogP contribution in [-0.4, -0.2) is 12.8 Å². The van der Waals surface area contributed by atoms with E-state index in [1.165, 1.54) is 0 Å². The molecule has 1 rings (SSSR count). The average molecular weight is 234 g/mol. The number of carbonyl (C=O) groups excluding carboxylic acids is 1. The van der Waals surface area contributed by atoms with Crippen molar-refractivity contribution in [1.29, 1.82) is 0 Å². The predicted molar refractivity (Wildman–Crippen MR) is 62.3 cm³/mol. The van der Waals surface area contributed by atoms with Gasteiger partial charge < -0.3 is 0 Å². The van der Waals surface area contributed by atoms with E-state index < -0.39 is 0 Å². The van der Waals surface area contributed by atoms with Crippen LogP contribution in [0, 0.1) is 11.8 Å². The minimum absolute atomic E-state index is 0.338. The van der Waals surface area contributed by atoms with Crippen molar-refractivity contribution in [2.45, 2.75) is 6.42 Å². The van der Waals surface area contributed by atoms with Crippen LogP contribution < -0.4 is 0 Å². The second-order valence-corrected chi connectivity index (χ2v) is 3.33. The van der Waals surface area contributed by atoms with E-state index in [2.05, 4.69) is 21.9 Å². The SMILES string of the molecule is [N-]=[N+]=NCCC#Cc1cc(Cl)cc(C=O)c1. The Morgan fingerprint density at radius 2 is 2.31 bits per heavy atom. The zero-order valence-corrected chi connectivity index (χ0v) is 9.11. The van der Waals surface area contributed by atoms with Gasteiger partial charge in [0.1, 0.15) is 6.29 Å². The summed E-state index contributed by atoms with van der Waals surface area (Å²) in [6.45, 7) is 0.338. The number of nitrogens with zero attached hydrogens (tertiary/aromatic N) is 3. The van der Waals surface area contributed by atoms with Crippen LogP contribution in [-0.2, 0) is 0 Å². The molecule has 0 unspecified atom stereocenters. The first kappa shape index (κ1) is 12.1. The van der Waals surface area contributed by atoms with Gasteiger partial charge in [-0.1, -0.05) is 28.6 Å². The summed E-state index contributed by atoms with van der Waals surface area (Å²) >= 11 is 5.80. The Kier molecular flexibility index (Phi) is 4.94. The van der Waals surface area contributed by atoms with Crippen LogP contribution in [0.5, 0.6) is 0 Å². The molecule has 4 nitrogen and oxygen atoms in total. The highest BCUT2D eigenvalue weighted by molar-refractivity contribution is 6.31. The monoisotopic (exact) mass is 233 g/mol. The van der Waals surface area contributed by atoms with E-state index in [1.54, 1.807) is 18.2 Å². The summed E-state index contributed by atoms with van der Waals surface area (Å²) < 4.78 is 0. The highest BCUT2D eigenvalue weighted by atomic mass is 35.5. The number of carbonyl (C=O) groups is 1. The number of rotatable bonds is 3. The Morgan fingerprint density at radius 1 is 1.50 bits per heavy atom. The van der Waals surface area contributed by atoms with Gasteiger partial charge in [-0.3, -0.25) is 4.79 Å². The van der Waals surface area contributed by atoms with Crippen LogP contribution in [0.3, 0.4) is 0 Å². The highest BCUT2D eigenvalue weighted by Gasteiger charge is 1.95. The Hall–Kier alpha value is -1.95. The molecular formula is C11H8ClN3O. The van der Waals surface area contributed by atoms with E-state index in [0.29, 0.717) is 29.1 Å². The molecule has 0 aliphatic heterocycles. The van der Waals surface area contributed by atoms with Gasteiger partial charge in [0, 0.05) is 34.0 Å². The van der Waals surface area contributed by atoms with Crippen molar-refractivity contribution in [2.24, 2.45) is 5.11 Å². The predicted octanol–water partition coefficient (Wildman–Crippen LogP) is 3.20. The Balaban J connectivity index is 2.76. The molecule has 5 heteroatoms. The number of azide groups is 1. The largest absolute Gasteiger partial charge is 0.298 e. The molecule has 0 spiro atoms. The van der Waals surface area contributed by atoms with Crippen molar-refractivity contribution in [3.63, 3.8) is 0 Å². The third-order valence-electron chi connectivity index (χ3n) is 1.69. The van der Waals surface area contributed by atoms with Crippen LogP contribution in [0.2, 0.25) is 5.02 Å². The first-order valence-electron chi connectivity index (χ1n) is 4.52. The van der Waals surface area contributed by atoms with E-state index in [-0.39, 0.29) is 0 Å². The zero-order chi connectivity index (χ0) is 11.8. The smallest absolute Gasteiger partial charge is 0.150 e. The lowest BCUT2D eigenvalue weighted by molar-refractivity contribution is 0.112. The summed E-state index contributed by atoms with van der Waals surface area (Å²) in [6.07, 6.45) is 1.20. The van der Waals surface area contributed by atoms with Gasteiger partial charge in [-0.15, -0.1) is 0 Å². The van der Waals surface area contributed by atoms with Crippen LogP contribution in [0.25, 0.3) is 10.4 Å². The van der Waals surface area contributed by atoms with Crippen molar-refractivity contribution in [1.82, 2.24) is 0 Å². The summed E-state index contributed by atoms with van der Waals surface area (Å²) in [7, 11) is 0. The lowest BCUT2D eigenvalue weighted by atomic mass is 10.1. The van der Waals surface area contributed by atoms with Crippen molar-refractivity contribution in [3.05, 3.63) is 44.8 Å². The van der Waals surface area contributed by atoms with Crippen LogP contribution in [0.4, 0.5) is 0 Å². The second kappa shape index (κ2) is 6.52. The van der Waals surface area contributed by atoms with Gasteiger partial charge in [0.15, 0.2) is 0 Å². The Morgan fingerprint density at radius 3 is 3.00 bits per heavy atom.